The average molecular weight is 213 g/mol. The Bertz CT molecular complexity index is 226. The van der Waals surface area contributed by atoms with Gasteiger partial charge in [0.15, 0.2) is 0 Å². The van der Waals surface area contributed by atoms with E-state index in [9.17, 15) is 4.79 Å². The average Bonchev–Trinajstić information content (AvgIpc) is 2.71. The van der Waals surface area contributed by atoms with Gasteiger partial charge in [-0.1, -0.05) is 0 Å². The quantitative estimate of drug-likeness (QED) is 0.754. The molecule has 4 heteroatoms. The standard InChI is InChI=1S/C11H19NO3/c13-11(14)10-2-1-4-12(7-10)6-9-3-5-15-8-9/h9-10H,1-8H2,(H,13,14). The van der Waals surface area contributed by atoms with E-state index >= 15 is 0 Å². The van der Waals surface area contributed by atoms with Crippen LogP contribution in [-0.2, 0) is 9.53 Å². The summed E-state index contributed by atoms with van der Waals surface area (Å²) in [6, 6.07) is 0. The molecular formula is C11H19NO3. The SMILES string of the molecule is O=C(O)C1CCCN(CC2CCOC2)C1. The van der Waals surface area contributed by atoms with Crippen LogP contribution in [0.4, 0.5) is 0 Å². The lowest BCUT2D eigenvalue weighted by Crippen LogP contribution is -2.41. The van der Waals surface area contributed by atoms with E-state index in [1.807, 2.05) is 0 Å². The Hall–Kier alpha value is -0.610. The number of hydrogen-bond acceptors (Lipinski definition) is 3. The van der Waals surface area contributed by atoms with Crippen molar-refractivity contribution in [2.75, 3.05) is 32.8 Å². The number of likely N-dealkylation sites (tertiary alicyclic amines) is 1. The lowest BCUT2D eigenvalue weighted by atomic mass is 9.97. The summed E-state index contributed by atoms with van der Waals surface area (Å²) >= 11 is 0. The second-order valence-corrected chi connectivity index (χ2v) is 4.67. The molecule has 0 amide bonds. The first-order chi connectivity index (χ1) is 7.25. The van der Waals surface area contributed by atoms with Gasteiger partial charge in [-0.25, -0.2) is 0 Å². The monoisotopic (exact) mass is 213 g/mol. The van der Waals surface area contributed by atoms with Gasteiger partial charge in [0, 0.05) is 19.7 Å². The van der Waals surface area contributed by atoms with Crippen molar-refractivity contribution in [3.63, 3.8) is 0 Å². The second-order valence-electron chi connectivity index (χ2n) is 4.67. The Balaban J connectivity index is 1.79. The number of rotatable bonds is 3. The van der Waals surface area contributed by atoms with Gasteiger partial charge >= 0.3 is 5.97 Å². The molecule has 0 spiro atoms. The molecule has 2 fully saturated rings. The zero-order valence-corrected chi connectivity index (χ0v) is 9.02. The summed E-state index contributed by atoms with van der Waals surface area (Å²) in [6.45, 7) is 4.53. The number of piperidine rings is 1. The molecule has 0 aromatic heterocycles. The first-order valence-electron chi connectivity index (χ1n) is 5.78. The fourth-order valence-electron chi connectivity index (χ4n) is 2.52. The summed E-state index contributed by atoms with van der Waals surface area (Å²) < 4.78 is 5.33. The molecular weight excluding hydrogens is 194 g/mol. The minimum atomic E-state index is -0.637. The molecule has 2 aliphatic rings. The van der Waals surface area contributed by atoms with Crippen molar-refractivity contribution in [2.45, 2.75) is 19.3 Å². The fraction of sp³-hybridized carbons (Fsp3) is 0.909. The van der Waals surface area contributed by atoms with E-state index in [0.717, 1.165) is 52.1 Å². The van der Waals surface area contributed by atoms with Crippen molar-refractivity contribution < 1.29 is 14.6 Å². The molecule has 2 heterocycles. The van der Waals surface area contributed by atoms with Crippen LogP contribution in [0.25, 0.3) is 0 Å². The van der Waals surface area contributed by atoms with Crippen LogP contribution in [0.1, 0.15) is 19.3 Å². The maximum Gasteiger partial charge on any atom is 0.307 e. The van der Waals surface area contributed by atoms with Gasteiger partial charge in [-0.15, -0.1) is 0 Å². The summed E-state index contributed by atoms with van der Waals surface area (Å²) in [4.78, 5) is 13.2. The lowest BCUT2D eigenvalue weighted by Gasteiger charge is -2.32. The van der Waals surface area contributed by atoms with Crippen molar-refractivity contribution in [1.29, 1.82) is 0 Å². The molecule has 1 N–H and O–H groups in total. The fourth-order valence-corrected chi connectivity index (χ4v) is 2.52. The van der Waals surface area contributed by atoms with Gasteiger partial charge in [0.25, 0.3) is 0 Å². The number of carbonyl (C=O) groups is 1. The summed E-state index contributed by atoms with van der Waals surface area (Å²) in [5.41, 5.74) is 0. The third-order valence-electron chi connectivity index (χ3n) is 3.40. The maximum atomic E-state index is 10.9. The predicted octanol–water partition coefficient (Wildman–Crippen LogP) is 0.820. The molecule has 86 valence electrons. The van der Waals surface area contributed by atoms with Gasteiger partial charge in [0.05, 0.1) is 12.5 Å². The Morgan fingerprint density at radius 1 is 1.47 bits per heavy atom. The second kappa shape index (κ2) is 4.94. The van der Waals surface area contributed by atoms with E-state index in [2.05, 4.69) is 4.90 Å². The minimum absolute atomic E-state index is 0.152. The minimum Gasteiger partial charge on any atom is -0.481 e. The third-order valence-corrected chi connectivity index (χ3v) is 3.40. The molecule has 0 aliphatic carbocycles. The number of hydrogen-bond donors (Lipinski definition) is 1. The summed E-state index contributed by atoms with van der Waals surface area (Å²) in [7, 11) is 0. The van der Waals surface area contributed by atoms with Crippen LogP contribution in [0.15, 0.2) is 0 Å². The van der Waals surface area contributed by atoms with E-state index in [0.29, 0.717) is 5.92 Å². The van der Waals surface area contributed by atoms with Crippen LogP contribution in [0.3, 0.4) is 0 Å². The van der Waals surface area contributed by atoms with Crippen LogP contribution in [-0.4, -0.2) is 48.8 Å². The van der Waals surface area contributed by atoms with Crippen LogP contribution in [0.5, 0.6) is 0 Å². The molecule has 15 heavy (non-hydrogen) atoms. The van der Waals surface area contributed by atoms with Crippen molar-refractivity contribution in [3.05, 3.63) is 0 Å². The van der Waals surface area contributed by atoms with Crippen LogP contribution in [0, 0.1) is 11.8 Å². The summed E-state index contributed by atoms with van der Waals surface area (Å²) in [6.07, 6.45) is 2.99. The topological polar surface area (TPSA) is 49.8 Å². The summed E-state index contributed by atoms with van der Waals surface area (Å²) in [5.74, 6) is -0.166. The Labute approximate surface area is 90.2 Å². The number of carboxylic acids is 1. The highest BCUT2D eigenvalue weighted by Gasteiger charge is 2.27. The molecule has 4 nitrogen and oxygen atoms in total. The van der Waals surface area contributed by atoms with Crippen LogP contribution in [0.2, 0.25) is 0 Å². The van der Waals surface area contributed by atoms with Gasteiger partial charge in [0.2, 0.25) is 0 Å². The largest absolute Gasteiger partial charge is 0.481 e. The lowest BCUT2D eigenvalue weighted by molar-refractivity contribution is -0.143. The van der Waals surface area contributed by atoms with Gasteiger partial charge in [-0.2, -0.15) is 0 Å². The molecule has 2 saturated heterocycles. The molecule has 2 unspecified atom stereocenters. The highest BCUT2D eigenvalue weighted by atomic mass is 16.5. The predicted molar refractivity (Wildman–Crippen MR) is 55.7 cm³/mol. The Kier molecular flexibility index (Phi) is 3.59. The number of aliphatic carboxylic acids is 1. The van der Waals surface area contributed by atoms with E-state index < -0.39 is 5.97 Å². The van der Waals surface area contributed by atoms with Crippen molar-refractivity contribution in [3.8, 4) is 0 Å². The van der Waals surface area contributed by atoms with Crippen LogP contribution >= 0.6 is 0 Å². The Morgan fingerprint density at radius 2 is 2.33 bits per heavy atom. The first kappa shape index (κ1) is 10.9. The van der Waals surface area contributed by atoms with Crippen molar-refractivity contribution >= 4 is 5.97 Å². The number of carboxylic acid groups (broad SMARTS) is 1. The number of nitrogens with zero attached hydrogens (tertiary/aromatic N) is 1. The molecule has 0 radical (unpaired) electrons. The van der Waals surface area contributed by atoms with Gasteiger partial charge < -0.3 is 14.7 Å². The van der Waals surface area contributed by atoms with Gasteiger partial charge in [-0.05, 0) is 31.7 Å². The molecule has 2 aliphatic heterocycles. The number of ether oxygens (including phenoxy) is 1. The molecule has 0 aromatic carbocycles. The third kappa shape index (κ3) is 2.92. The highest BCUT2D eigenvalue weighted by Crippen LogP contribution is 2.20. The van der Waals surface area contributed by atoms with E-state index in [4.69, 9.17) is 9.84 Å². The smallest absolute Gasteiger partial charge is 0.307 e. The van der Waals surface area contributed by atoms with E-state index in [1.54, 1.807) is 0 Å². The molecule has 0 bridgehead atoms. The van der Waals surface area contributed by atoms with E-state index in [1.165, 1.54) is 0 Å². The highest BCUT2D eigenvalue weighted by molar-refractivity contribution is 5.70. The van der Waals surface area contributed by atoms with Gasteiger partial charge in [0.1, 0.15) is 0 Å². The zero-order chi connectivity index (χ0) is 10.7. The zero-order valence-electron chi connectivity index (χ0n) is 9.02. The van der Waals surface area contributed by atoms with Crippen LogP contribution < -0.4 is 0 Å². The maximum absolute atomic E-state index is 10.9. The Morgan fingerprint density at radius 3 is 3.00 bits per heavy atom. The van der Waals surface area contributed by atoms with Gasteiger partial charge in [-0.3, -0.25) is 4.79 Å². The first-order valence-corrected chi connectivity index (χ1v) is 5.78. The van der Waals surface area contributed by atoms with Crippen molar-refractivity contribution in [1.82, 2.24) is 4.90 Å². The molecule has 2 atom stereocenters. The normalized spacial score (nSPS) is 33.1. The summed E-state index contributed by atoms with van der Waals surface area (Å²) in [5, 5.41) is 8.97. The molecule has 2 rings (SSSR count). The van der Waals surface area contributed by atoms with Crippen molar-refractivity contribution in [2.24, 2.45) is 11.8 Å². The molecule has 0 saturated carbocycles. The van der Waals surface area contributed by atoms with E-state index in [-0.39, 0.29) is 5.92 Å². The molecule has 0 aromatic rings.